The SMILES string of the molecule is Cc1nc(C2SCCSC2C)nc(Cl)c1I. The number of halogens is 2. The lowest BCUT2D eigenvalue weighted by Crippen LogP contribution is -2.18. The maximum atomic E-state index is 6.11. The summed E-state index contributed by atoms with van der Waals surface area (Å²) in [6.45, 7) is 4.23. The lowest BCUT2D eigenvalue weighted by Gasteiger charge is -2.26. The van der Waals surface area contributed by atoms with E-state index in [2.05, 4.69) is 39.5 Å². The Bertz CT molecular complexity index is 379. The van der Waals surface area contributed by atoms with Crippen molar-refractivity contribution in [3.8, 4) is 0 Å². The Labute approximate surface area is 123 Å². The van der Waals surface area contributed by atoms with Crippen LogP contribution in [0.3, 0.4) is 0 Å². The van der Waals surface area contributed by atoms with Gasteiger partial charge in [-0.05, 0) is 29.5 Å². The monoisotopic (exact) mass is 386 g/mol. The third-order valence-electron chi connectivity index (χ3n) is 2.44. The van der Waals surface area contributed by atoms with Gasteiger partial charge in [0.2, 0.25) is 0 Å². The molecule has 0 N–H and O–H groups in total. The zero-order valence-electron chi connectivity index (χ0n) is 9.04. The molecular formula is C10H12ClIN2S2. The second-order valence-corrected chi connectivity index (χ2v) is 7.81. The molecule has 0 radical (unpaired) electrons. The van der Waals surface area contributed by atoms with E-state index in [0.29, 0.717) is 15.7 Å². The summed E-state index contributed by atoms with van der Waals surface area (Å²) in [5, 5.41) is 1.53. The third kappa shape index (κ3) is 2.79. The van der Waals surface area contributed by atoms with Gasteiger partial charge in [-0.25, -0.2) is 9.97 Å². The molecule has 1 aliphatic rings. The van der Waals surface area contributed by atoms with E-state index in [9.17, 15) is 0 Å². The molecule has 0 bridgehead atoms. The predicted molar refractivity (Wildman–Crippen MR) is 81.6 cm³/mol. The lowest BCUT2D eigenvalue weighted by atomic mass is 10.3. The Morgan fingerprint density at radius 2 is 2.00 bits per heavy atom. The van der Waals surface area contributed by atoms with Crippen molar-refractivity contribution >= 4 is 57.7 Å². The van der Waals surface area contributed by atoms with Crippen LogP contribution in [0.4, 0.5) is 0 Å². The van der Waals surface area contributed by atoms with E-state index in [-0.39, 0.29) is 0 Å². The van der Waals surface area contributed by atoms with Crippen LogP contribution in [0.1, 0.15) is 23.7 Å². The Morgan fingerprint density at radius 1 is 1.31 bits per heavy atom. The van der Waals surface area contributed by atoms with Crippen LogP contribution in [0.15, 0.2) is 0 Å². The molecule has 1 fully saturated rings. The number of nitrogens with zero attached hydrogens (tertiary/aromatic N) is 2. The van der Waals surface area contributed by atoms with Crippen molar-refractivity contribution < 1.29 is 0 Å². The molecule has 2 unspecified atom stereocenters. The van der Waals surface area contributed by atoms with Gasteiger partial charge in [0, 0.05) is 16.8 Å². The van der Waals surface area contributed by atoms with Gasteiger partial charge in [-0.15, -0.1) is 11.8 Å². The summed E-state index contributed by atoms with van der Waals surface area (Å²) < 4.78 is 0.962. The molecule has 0 aromatic carbocycles. The van der Waals surface area contributed by atoms with Gasteiger partial charge in [-0.2, -0.15) is 11.8 Å². The smallest absolute Gasteiger partial charge is 0.146 e. The van der Waals surface area contributed by atoms with Crippen molar-refractivity contribution in [2.45, 2.75) is 24.3 Å². The highest BCUT2D eigenvalue weighted by molar-refractivity contribution is 14.1. The molecule has 1 aromatic heterocycles. The molecule has 2 nitrogen and oxygen atoms in total. The average Bonchev–Trinajstić information content (AvgIpc) is 2.26. The summed E-state index contributed by atoms with van der Waals surface area (Å²) >= 11 is 12.2. The molecule has 2 rings (SSSR count). The van der Waals surface area contributed by atoms with E-state index >= 15 is 0 Å². The van der Waals surface area contributed by atoms with Gasteiger partial charge in [0.15, 0.2) is 0 Å². The molecule has 88 valence electrons. The summed E-state index contributed by atoms with van der Waals surface area (Å²) in [6, 6.07) is 0. The summed E-state index contributed by atoms with van der Waals surface area (Å²) in [4.78, 5) is 8.99. The fourth-order valence-corrected chi connectivity index (χ4v) is 4.74. The first-order chi connectivity index (χ1) is 7.59. The molecule has 0 spiro atoms. The van der Waals surface area contributed by atoms with Crippen LogP contribution in [0, 0.1) is 10.5 Å². The van der Waals surface area contributed by atoms with Crippen LogP contribution in [0.2, 0.25) is 5.15 Å². The van der Waals surface area contributed by atoms with Gasteiger partial charge < -0.3 is 0 Å². The first-order valence-electron chi connectivity index (χ1n) is 5.02. The van der Waals surface area contributed by atoms with E-state index in [4.69, 9.17) is 11.6 Å². The highest BCUT2D eigenvalue weighted by atomic mass is 127. The molecule has 0 saturated carbocycles. The standard InChI is InChI=1S/C10H12ClIN2S2/c1-5-7(12)9(11)14-10(13-5)8-6(2)15-3-4-16-8/h6,8H,3-4H2,1-2H3. The third-order valence-corrected chi connectivity index (χ3v) is 7.41. The minimum Gasteiger partial charge on any atom is -0.236 e. The molecule has 2 heterocycles. The molecule has 2 atom stereocenters. The van der Waals surface area contributed by atoms with Crippen molar-refractivity contribution in [3.05, 3.63) is 20.2 Å². The minimum atomic E-state index is 0.381. The maximum absolute atomic E-state index is 6.11. The summed E-state index contributed by atoms with van der Waals surface area (Å²) in [5.74, 6) is 3.29. The predicted octanol–water partition coefficient (Wildman–Crippen LogP) is 3.95. The number of aromatic nitrogens is 2. The number of aryl methyl sites for hydroxylation is 1. The van der Waals surface area contributed by atoms with E-state index in [1.165, 1.54) is 11.5 Å². The van der Waals surface area contributed by atoms with Crippen LogP contribution in [-0.4, -0.2) is 26.7 Å². The molecule has 1 aliphatic heterocycles. The highest BCUT2D eigenvalue weighted by Gasteiger charge is 2.27. The number of hydrogen-bond acceptors (Lipinski definition) is 4. The molecule has 6 heteroatoms. The minimum absolute atomic E-state index is 0.381. The summed E-state index contributed by atoms with van der Waals surface area (Å²) in [6.07, 6.45) is 0. The van der Waals surface area contributed by atoms with Gasteiger partial charge in [0.1, 0.15) is 11.0 Å². The van der Waals surface area contributed by atoms with Gasteiger partial charge in [-0.3, -0.25) is 0 Å². The summed E-state index contributed by atoms with van der Waals surface area (Å²) in [7, 11) is 0. The van der Waals surface area contributed by atoms with E-state index < -0.39 is 0 Å². The van der Waals surface area contributed by atoms with Gasteiger partial charge >= 0.3 is 0 Å². The Kier molecular flexibility index (Phi) is 4.66. The quantitative estimate of drug-likeness (QED) is 0.539. The molecule has 1 saturated heterocycles. The lowest BCUT2D eigenvalue weighted by molar-refractivity contribution is 0.811. The first-order valence-corrected chi connectivity index (χ1v) is 8.57. The van der Waals surface area contributed by atoms with Gasteiger partial charge in [0.25, 0.3) is 0 Å². The van der Waals surface area contributed by atoms with Crippen molar-refractivity contribution in [1.82, 2.24) is 9.97 Å². The molecule has 1 aromatic rings. The number of thioether (sulfide) groups is 2. The molecule has 0 amide bonds. The molecule has 16 heavy (non-hydrogen) atoms. The largest absolute Gasteiger partial charge is 0.236 e. The molecule has 0 aliphatic carbocycles. The number of hydrogen-bond donors (Lipinski definition) is 0. The maximum Gasteiger partial charge on any atom is 0.146 e. The van der Waals surface area contributed by atoms with E-state index in [1.54, 1.807) is 0 Å². The van der Waals surface area contributed by atoms with Crippen LogP contribution in [0.25, 0.3) is 0 Å². The van der Waals surface area contributed by atoms with Crippen LogP contribution >= 0.6 is 57.7 Å². The Morgan fingerprint density at radius 3 is 2.62 bits per heavy atom. The van der Waals surface area contributed by atoms with Crippen molar-refractivity contribution in [2.24, 2.45) is 0 Å². The zero-order chi connectivity index (χ0) is 11.7. The van der Waals surface area contributed by atoms with Crippen LogP contribution in [-0.2, 0) is 0 Å². The average molecular weight is 387 g/mol. The second kappa shape index (κ2) is 5.63. The fraction of sp³-hybridized carbons (Fsp3) is 0.600. The van der Waals surface area contributed by atoms with Crippen molar-refractivity contribution in [2.75, 3.05) is 11.5 Å². The fourth-order valence-electron chi connectivity index (χ4n) is 1.59. The topological polar surface area (TPSA) is 25.8 Å². The second-order valence-electron chi connectivity index (χ2n) is 3.64. The zero-order valence-corrected chi connectivity index (χ0v) is 13.6. The Hall–Kier alpha value is 0.800. The molecular weight excluding hydrogens is 375 g/mol. The summed E-state index contributed by atoms with van der Waals surface area (Å²) in [5.41, 5.74) is 0.985. The van der Waals surface area contributed by atoms with Gasteiger partial charge in [-0.1, -0.05) is 18.5 Å². The number of rotatable bonds is 1. The van der Waals surface area contributed by atoms with E-state index in [1.807, 2.05) is 30.4 Å². The highest BCUT2D eigenvalue weighted by Crippen LogP contribution is 2.41. The first kappa shape index (κ1) is 13.2. The van der Waals surface area contributed by atoms with Crippen molar-refractivity contribution in [3.63, 3.8) is 0 Å². The van der Waals surface area contributed by atoms with Crippen molar-refractivity contribution in [1.29, 1.82) is 0 Å². The van der Waals surface area contributed by atoms with Crippen LogP contribution < -0.4 is 0 Å². The van der Waals surface area contributed by atoms with E-state index in [0.717, 1.165) is 15.1 Å². The van der Waals surface area contributed by atoms with Gasteiger partial charge in [0.05, 0.1) is 14.5 Å². The Balaban J connectivity index is 2.32. The normalized spacial score (nSPS) is 25.8. The van der Waals surface area contributed by atoms with Crippen LogP contribution in [0.5, 0.6) is 0 Å².